The number of ketones is 1. The minimum Gasteiger partial charge on any atom is -0.460 e. The standard InChI is InChI=1S/C17H14ClNO5S/c18-13-8-6-12(7-9-13)15-14(20)16(17(19)23-15)24-25(21,22)10-11-4-2-1-3-5-11/h1-9,15H,10,19H2/t15-/m1/s1/i10D2,15D. The molecule has 0 saturated carbocycles. The van der Waals surface area contributed by atoms with Crippen LogP contribution in [0.3, 0.4) is 0 Å². The lowest BCUT2D eigenvalue weighted by Gasteiger charge is -2.10. The molecular formula is C17H14ClNO5S. The molecule has 1 aliphatic heterocycles. The highest BCUT2D eigenvalue weighted by Gasteiger charge is 2.39. The third kappa shape index (κ3) is 3.94. The predicted molar refractivity (Wildman–Crippen MR) is 91.6 cm³/mol. The monoisotopic (exact) mass is 382 g/mol. The molecule has 0 bridgehead atoms. The van der Waals surface area contributed by atoms with E-state index >= 15 is 0 Å². The van der Waals surface area contributed by atoms with Gasteiger partial charge in [-0.3, -0.25) is 4.79 Å². The Kier molecular flexibility index (Phi) is 3.73. The van der Waals surface area contributed by atoms with E-state index in [9.17, 15) is 13.2 Å². The van der Waals surface area contributed by atoms with Gasteiger partial charge >= 0.3 is 10.1 Å². The van der Waals surface area contributed by atoms with Crippen LogP contribution in [0.15, 0.2) is 66.2 Å². The molecule has 1 aliphatic rings. The van der Waals surface area contributed by atoms with Crippen molar-refractivity contribution in [2.75, 3.05) is 0 Å². The van der Waals surface area contributed by atoms with Crippen molar-refractivity contribution in [1.82, 2.24) is 0 Å². The molecule has 130 valence electrons. The maximum absolute atomic E-state index is 12.7. The van der Waals surface area contributed by atoms with Crippen LogP contribution in [0.2, 0.25) is 5.02 Å². The Labute approximate surface area is 154 Å². The molecule has 0 spiro atoms. The van der Waals surface area contributed by atoms with Crippen molar-refractivity contribution in [1.29, 1.82) is 0 Å². The number of benzene rings is 2. The molecular weight excluding hydrogens is 366 g/mol. The van der Waals surface area contributed by atoms with Crippen LogP contribution in [0.5, 0.6) is 0 Å². The zero-order valence-electron chi connectivity index (χ0n) is 15.6. The van der Waals surface area contributed by atoms with E-state index in [0.29, 0.717) is 5.02 Å². The number of halogens is 1. The number of hydrogen-bond donors (Lipinski definition) is 1. The van der Waals surface area contributed by atoms with Gasteiger partial charge in [0.1, 0.15) is 5.70 Å². The number of carbonyl (C=O) groups is 1. The molecule has 8 heteroatoms. The Hall–Kier alpha value is -2.51. The van der Waals surface area contributed by atoms with Crippen molar-refractivity contribution in [3.05, 3.63) is 82.4 Å². The fraction of sp³-hybridized carbons (Fsp3) is 0.118. The predicted octanol–water partition coefficient (Wildman–Crippen LogP) is 2.65. The van der Waals surface area contributed by atoms with Crippen molar-refractivity contribution in [3.8, 4) is 0 Å². The van der Waals surface area contributed by atoms with Crippen LogP contribution in [-0.2, 0) is 29.5 Å². The molecule has 0 radical (unpaired) electrons. The first-order valence-corrected chi connectivity index (χ1v) is 8.77. The summed E-state index contributed by atoms with van der Waals surface area (Å²) in [6, 6.07) is 12.5. The quantitative estimate of drug-likeness (QED) is 0.798. The summed E-state index contributed by atoms with van der Waals surface area (Å²) in [6.45, 7) is 0. The normalized spacial score (nSPS) is 22.8. The molecule has 1 atom stereocenters. The number of Topliss-reactive ketones (excluding diaryl/α,β-unsaturated/α-hetero) is 1. The Morgan fingerprint density at radius 2 is 1.84 bits per heavy atom. The second-order valence-electron chi connectivity index (χ2n) is 4.97. The summed E-state index contributed by atoms with van der Waals surface area (Å²) >= 11 is 5.79. The van der Waals surface area contributed by atoms with Gasteiger partial charge in [-0.1, -0.05) is 54.1 Å². The van der Waals surface area contributed by atoms with E-state index in [4.69, 9.17) is 30.4 Å². The highest BCUT2D eigenvalue weighted by Crippen LogP contribution is 2.33. The van der Waals surface area contributed by atoms with Gasteiger partial charge in [-0.15, -0.1) is 0 Å². The smallest absolute Gasteiger partial charge is 0.313 e. The summed E-state index contributed by atoms with van der Waals surface area (Å²) in [6.07, 6.45) is -2.38. The summed E-state index contributed by atoms with van der Waals surface area (Å²) < 4.78 is 59.0. The summed E-state index contributed by atoms with van der Waals surface area (Å²) in [4.78, 5) is 12.7. The Morgan fingerprint density at radius 3 is 2.48 bits per heavy atom. The van der Waals surface area contributed by atoms with E-state index in [2.05, 4.69) is 0 Å². The third-order valence-corrected chi connectivity index (χ3v) is 4.29. The summed E-state index contributed by atoms with van der Waals surface area (Å²) in [5, 5.41) is 0.355. The molecule has 0 amide bonds. The molecule has 2 N–H and O–H groups in total. The lowest BCUT2D eigenvalue weighted by Crippen LogP contribution is -2.16. The first kappa shape index (κ1) is 13.7. The molecule has 0 unspecified atom stereocenters. The molecule has 6 nitrogen and oxygen atoms in total. The van der Waals surface area contributed by atoms with Gasteiger partial charge in [-0.05, 0) is 17.7 Å². The maximum atomic E-state index is 12.7. The van der Waals surface area contributed by atoms with Gasteiger partial charge in [0, 0.05) is 10.6 Å². The van der Waals surface area contributed by atoms with Crippen molar-refractivity contribution in [2.45, 2.75) is 11.8 Å². The average molecular weight is 383 g/mol. The van der Waals surface area contributed by atoms with Gasteiger partial charge in [-0.25, -0.2) is 0 Å². The van der Waals surface area contributed by atoms with Crippen LogP contribution in [0, 0.1) is 0 Å². The molecule has 0 saturated heterocycles. The molecule has 0 aliphatic carbocycles. The number of hydrogen-bond acceptors (Lipinski definition) is 6. The molecule has 0 fully saturated rings. The topological polar surface area (TPSA) is 95.7 Å². The van der Waals surface area contributed by atoms with E-state index < -0.39 is 39.3 Å². The lowest BCUT2D eigenvalue weighted by molar-refractivity contribution is -0.123. The van der Waals surface area contributed by atoms with Crippen LogP contribution in [-0.4, -0.2) is 14.2 Å². The summed E-state index contributed by atoms with van der Waals surface area (Å²) in [7, 11) is -5.01. The minimum absolute atomic E-state index is 0.0481. The fourth-order valence-corrected chi connectivity index (χ4v) is 3.04. The second kappa shape index (κ2) is 6.78. The molecule has 1 heterocycles. The largest absolute Gasteiger partial charge is 0.460 e. The fourth-order valence-electron chi connectivity index (χ4n) is 2.07. The second-order valence-corrected chi connectivity index (χ2v) is 6.68. The highest BCUT2D eigenvalue weighted by atomic mass is 35.5. The van der Waals surface area contributed by atoms with Crippen LogP contribution in [0.1, 0.15) is 21.3 Å². The Balaban J connectivity index is 1.93. The first-order valence-electron chi connectivity index (χ1n) is 8.48. The van der Waals surface area contributed by atoms with E-state index in [1.54, 1.807) is 6.07 Å². The van der Waals surface area contributed by atoms with E-state index in [0.717, 1.165) is 0 Å². The molecule has 3 rings (SSSR count). The zero-order chi connectivity index (χ0) is 20.7. The maximum Gasteiger partial charge on any atom is 0.313 e. The minimum atomic E-state index is -5.01. The Morgan fingerprint density at radius 1 is 1.20 bits per heavy atom. The zero-order valence-corrected chi connectivity index (χ0v) is 14.2. The van der Waals surface area contributed by atoms with Crippen LogP contribution in [0.4, 0.5) is 0 Å². The first-order chi connectivity index (χ1) is 13.0. The third-order valence-electron chi connectivity index (χ3n) is 3.16. The van der Waals surface area contributed by atoms with Gasteiger partial charge in [0.05, 0.1) is 4.11 Å². The van der Waals surface area contributed by atoms with Crippen molar-refractivity contribution in [2.24, 2.45) is 5.73 Å². The van der Waals surface area contributed by atoms with E-state index in [-0.39, 0.29) is 11.1 Å². The molecule has 2 aromatic carbocycles. The van der Waals surface area contributed by atoms with Gasteiger partial charge in [0.25, 0.3) is 0 Å². The Bertz CT molecular complexity index is 1060. The number of carbonyl (C=O) groups excluding carboxylic acids is 1. The van der Waals surface area contributed by atoms with Gasteiger partial charge in [-0.2, -0.15) is 8.42 Å². The SMILES string of the molecule is [2H]C([2H])(c1ccccc1)S(=O)(=O)OC1=C(N)O[C@]([2H])(c2ccc(Cl)cc2)C1=O. The lowest BCUT2D eigenvalue weighted by atomic mass is 10.1. The number of ether oxygens (including phenoxy) is 1. The molecule has 2 aromatic rings. The van der Waals surface area contributed by atoms with Gasteiger partial charge < -0.3 is 14.7 Å². The van der Waals surface area contributed by atoms with Crippen molar-refractivity contribution < 1.29 is 26.2 Å². The molecule has 25 heavy (non-hydrogen) atoms. The van der Waals surface area contributed by atoms with Crippen LogP contribution < -0.4 is 5.73 Å². The highest BCUT2D eigenvalue weighted by molar-refractivity contribution is 7.86. The van der Waals surface area contributed by atoms with Crippen LogP contribution >= 0.6 is 11.6 Å². The number of rotatable bonds is 5. The van der Waals surface area contributed by atoms with Gasteiger partial charge in [0.2, 0.25) is 17.4 Å². The summed E-state index contributed by atoms with van der Waals surface area (Å²) in [5.74, 6) is -2.87. The van der Waals surface area contributed by atoms with E-state index in [1.165, 1.54) is 48.5 Å². The van der Waals surface area contributed by atoms with Gasteiger partial charge in [0.15, 0.2) is 6.08 Å². The van der Waals surface area contributed by atoms with Crippen molar-refractivity contribution in [3.63, 3.8) is 0 Å². The van der Waals surface area contributed by atoms with E-state index in [1.807, 2.05) is 0 Å². The summed E-state index contributed by atoms with van der Waals surface area (Å²) in [5.41, 5.74) is 2.45. The molecule has 0 aromatic heterocycles. The van der Waals surface area contributed by atoms with Crippen LogP contribution in [0.25, 0.3) is 0 Å². The van der Waals surface area contributed by atoms with Crippen molar-refractivity contribution >= 4 is 27.5 Å². The number of nitrogens with two attached hydrogens (primary N) is 1. The average Bonchev–Trinajstić information content (AvgIpc) is 2.86.